The topological polar surface area (TPSA) is 104 Å². The van der Waals surface area contributed by atoms with Crippen molar-refractivity contribution in [2.24, 2.45) is 0 Å². The molecule has 1 fully saturated rings. The third-order valence-corrected chi connectivity index (χ3v) is 5.75. The number of rotatable bonds is 6. The number of aromatic nitrogens is 4. The van der Waals surface area contributed by atoms with E-state index in [1.54, 1.807) is 24.1 Å². The maximum atomic E-state index is 13.2. The highest BCUT2D eigenvalue weighted by atomic mass is 16.2. The van der Waals surface area contributed by atoms with Crippen LogP contribution in [0, 0.1) is 6.92 Å². The Morgan fingerprint density at radius 2 is 2.03 bits per heavy atom. The van der Waals surface area contributed by atoms with Gasteiger partial charge in [0.2, 0.25) is 0 Å². The van der Waals surface area contributed by atoms with Crippen LogP contribution in [0.15, 0.2) is 42.6 Å². The van der Waals surface area contributed by atoms with Crippen molar-refractivity contribution in [3.8, 4) is 0 Å². The second-order valence-corrected chi connectivity index (χ2v) is 8.40. The summed E-state index contributed by atoms with van der Waals surface area (Å²) in [5, 5.41) is 10.1. The quantitative estimate of drug-likeness (QED) is 0.620. The molecule has 8 nitrogen and oxygen atoms in total. The van der Waals surface area contributed by atoms with Crippen LogP contribution in [-0.2, 0) is 6.54 Å². The zero-order chi connectivity index (χ0) is 22.7. The summed E-state index contributed by atoms with van der Waals surface area (Å²) in [7, 11) is 0. The summed E-state index contributed by atoms with van der Waals surface area (Å²) in [6.45, 7) is 6.89. The zero-order valence-corrected chi connectivity index (χ0v) is 18.6. The van der Waals surface area contributed by atoms with Crippen LogP contribution in [0.2, 0.25) is 0 Å². The molecule has 1 saturated heterocycles. The number of carbonyl (C=O) groups excluding carboxylic acids is 2. The van der Waals surface area contributed by atoms with Crippen LogP contribution in [0.4, 0.5) is 0 Å². The zero-order valence-electron chi connectivity index (χ0n) is 18.6. The van der Waals surface area contributed by atoms with Crippen LogP contribution < -0.4 is 5.32 Å². The van der Waals surface area contributed by atoms with E-state index in [1.165, 1.54) is 0 Å². The third-order valence-electron chi connectivity index (χ3n) is 5.75. The maximum absolute atomic E-state index is 13.2. The van der Waals surface area contributed by atoms with E-state index in [0.717, 1.165) is 24.1 Å². The molecule has 2 N–H and O–H groups in total. The molecule has 0 bridgehead atoms. The van der Waals surface area contributed by atoms with Gasteiger partial charge in [-0.1, -0.05) is 44.2 Å². The van der Waals surface area contributed by atoms with Gasteiger partial charge in [-0.2, -0.15) is 5.10 Å². The molecule has 3 heterocycles. The number of aromatic amines is 1. The largest absolute Gasteiger partial charge is 0.348 e. The van der Waals surface area contributed by atoms with Gasteiger partial charge in [0.25, 0.3) is 11.8 Å². The van der Waals surface area contributed by atoms with E-state index in [2.05, 4.69) is 25.5 Å². The Hall–Kier alpha value is -3.55. The standard InChI is InChI=1S/C24H28N6O2/c1-15(2)19-12-20(29-28-19)24(32)30-11-7-10-21(30)22-18(14-25-16(3)27-22)23(31)26-13-17-8-5-4-6-9-17/h4-6,8-9,12,14-15,21H,7,10-11,13H2,1-3H3,(H,26,31)(H,28,29)/t21-/m1/s1. The Labute approximate surface area is 187 Å². The van der Waals surface area contributed by atoms with Crippen molar-refractivity contribution in [1.29, 1.82) is 0 Å². The first-order chi connectivity index (χ1) is 15.4. The molecule has 166 valence electrons. The highest BCUT2D eigenvalue weighted by molar-refractivity contribution is 5.96. The smallest absolute Gasteiger partial charge is 0.274 e. The molecule has 0 saturated carbocycles. The van der Waals surface area contributed by atoms with Gasteiger partial charge in [0.1, 0.15) is 11.5 Å². The predicted molar refractivity (Wildman–Crippen MR) is 120 cm³/mol. The lowest BCUT2D eigenvalue weighted by atomic mass is 10.0. The summed E-state index contributed by atoms with van der Waals surface area (Å²) in [5.41, 5.74) is 3.31. The molecule has 1 aliphatic rings. The molecular weight excluding hydrogens is 404 g/mol. The van der Waals surface area contributed by atoms with Gasteiger partial charge in [-0.3, -0.25) is 14.7 Å². The number of amides is 2. The predicted octanol–water partition coefficient (Wildman–Crippen LogP) is 3.54. The third kappa shape index (κ3) is 4.54. The molecule has 2 amide bonds. The number of nitrogens with one attached hydrogen (secondary N) is 2. The van der Waals surface area contributed by atoms with Crippen molar-refractivity contribution < 1.29 is 9.59 Å². The molecule has 32 heavy (non-hydrogen) atoms. The first kappa shape index (κ1) is 21.7. The van der Waals surface area contributed by atoms with Crippen LogP contribution >= 0.6 is 0 Å². The van der Waals surface area contributed by atoms with E-state index >= 15 is 0 Å². The number of hydrogen-bond acceptors (Lipinski definition) is 5. The van der Waals surface area contributed by atoms with E-state index in [9.17, 15) is 9.59 Å². The van der Waals surface area contributed by atoms with Crippen LogP contribution in [0.3, 0.4) is 0 Å². The SMILES string of the molecule is Cc1ncc(C(=O)NCc2ccccc2)c([C@H]2CCCN2C(=O)c2cc(C(C)C)[nH]n2)n1. The number of aryl methyl sites for hydroxylation is 1. The lowest BCUT2D eigenvalue weighted by molar-refractivity contribution is 0.0723. The van der Waals surface area contributed by atoms with E-state index in [-0.39, 0.29) is 23.8 Å². The molecule has 2 aromatic heterocycles. The minimum atomic E-state index is -0.291. The summed E-state index contributed by atoms with van der Waals surface area (Å²) in [6, 6.07) is 11.2. The Kier molecular flexibility index (Phi) is 6.30. The van der Waals surface area contributed by atoms with Crippen LogP contribution in [-0.4, -0.2) is 43.4 Å². The van der Waals surface area contributed by atoms with E-state index in [0.29, 0.717) is 35.9 Å². The van der Waals surface area contributed by atoms with Crippen LogP contribution in [0.25, 0.3) is 0 Å². The lowest BCUT2D eigenvalue weighted by Crippen LogP contribution is -2.33. The molecule has 1 aromatic carbocycles. The fourth-order valence-electron chi connectivity index (χ4n) is 3.97. The van der Waals surface area contributed by atoms with Crippen molar-refractivity contribution in [1.82, 2.24) is 30.4 Å². The number of hydrogen-bond donors (Lipinski definition) is 2. The van der Waals surface area contributed by atoms with Gasteiger partial charge in [-0.15, -0.1) is 0 Å². The van der Waals surface area contributed by atoms with Crippen molar-refractivity contribution in [2.75, 3.05) is 6.54 Å². The van der Waals surface area contributed by atoms with E-state index in [1.807, 2.05) is 44.2 Å². The minimum absolute atomic E-state index is 0.150. The van der Waals surface area contributed by atoms with Gasteiger partial charge in [0, 0.05) is 25.0 Å². The van der Waals surface area contributed by atoms with Gasteiger partial charge in [0.15, 0.2) is 0 Å². The molecule has 0 spiro atoms. The van der Waals surface area contributed by atoms with Crippen molar-refractivity contribution >= 4 is 11.8 Å². The summed E-state index contributed by atoms with van der Waals surface area (Å²) in [4.78, 5) is 36.9. The average molecular weight is 433 g/mol. The van der Waals surface area contributed by atoms with Gasteiger partial charge >= 0.3 is 0 Å². The number of H-pyrrole nitrogens is 1. The maximum Gasteiger partial charge on any atom is 0.274 e. The first-order valence-electron chi connectivity index (χ1n) is 11.0. The van der Waals surface area contributed by atoms with Crippen molar-refractivity contribution in [3.63, 3.8) is 0 Å². The van der Waals surface area contributed by atoms with Crippen molar-refractivity contribution in [2.45, 2.75) is 52.1 Å². The van der Waals surface area contributed by atoms with Gasteiger partial charge in [-0.05, 0) is 37.3 Å². The molecule has 3 aromatic rings. The number of likely N-dealkylation sites (tertiary alicyclic amines) is 1. The summed E-state index contributed by atoms with van der Waals surface area (Å²) in [5.74, 6) is 0.427. The molecule has 0 radical (unpaired) electrons. The minimum Gasteiger partial charge on any atom is -0.348 e. The highest BCUT2D eigenvalue weighted by Crippen LogP contribution is 2.34. The molecule has 4 rings (SSSR count). The van der Waals surface area contributed by atoms with Gasteiger partial charge in [-0.25, -0.2) is 9.97 Å². The average Bonchev–Trinajstić information content (AvgIpc) is 3.48. The number of carbonyl (C=O) groups is 2. The molecule has 0 aliphatic carbocycles. The van der Waals surface area contributed by atoms with Crippen molar-refractivity contribution in [3.05, 3.63) is 76.6 Å². The monoisotopic (exact) mass is 432 g/mol. The summed E-state index contributed by atoms with van der Waals surface area (Å²) in [6.07, 6.45) is 3.14. The van der Waals surface area contributed by atoms with E-state index < -0.39 is 0 Å². The lowest BCUT2D eigenvalue weighted by Gasteiger charge is -2.25. The normalized spacial score (nSPS) is 15.9. The van der Waals surface area contributed by atoms with Crippen LogP contribution in [0.5, 0.6) is 0 Å². The Bertz CT molecular complexity index is 1110. The fourth-order valence-corrected chi connectivity index (χ4v) is 3.97. The Balaban J connectivity index is 1.58. The Morgan fingerprint density at radius 3 is 2.75 bits per heavy atom. The van der Waals surface area contributed by atoms with E-state index in [4.69, 9.17) is 0 Å². The summed E-state index contributed by atoms with van der Waals surface area (Å²) < 4.78 is 0. The number of benzene rings is 1. The van der Waals surface area contributed by atoms with Crippen LogP contribution in [0.1, 0.15) is 82.3 Å². The fraction of sp³-hybridized carbons (Fsp3) is 0.375. The number of nitrogens with zero attached hydrogens (tertiary/aromatic N) is 4. The van der Waals surface area contributed by atoms with Gasteiger partial charge < -0.3 is 10.2 Å². The molecule has 0 unspecified atom stereocenters. The second kappa shape index (κ2) is 9.30. The first-order valence-corrected chi connectivity index (χ1v) is 11.0. The summed E-state index contributed by atoms with van der Waals surface area (Å²) >= 11 is 0. The van der Waals surface area contributed by atoms with Gasteiger partial charge in [0.05, 0.1) is 17.3 Å². The molecular formula is C24H28N6O2. The molecule has 8 heteroatoms. The molecule has 1 aliphatic heterocycles. The molecule has 1 atom stereocenters. The Morgan fingerprint density at radius 1 is 1.25 bits per heavy atom. The highest BCUT2D eigenvalue weighted by Gasteiger charge is 2.35. The second-order valence-electron chi connectivity index (χ2n) is 8.40.